The number of carbonyl (C=O) groups excluding carboxylic acids is 1. The van der Waals surface area contributed by atoms with Gasteiger partial charge in [0.05, 0.1) is 31.1 Å². The lowest BCUT2D eigenvalue weighted by Gasteiger charge is -2.16. The molecule has 2 amide bonds. The molecule has 11 nitrogen and oxygen atoms in total. The molecule has 2 aliphatic heterocycles. The van der Waals surface area contributed by atoms with Gasteiger partial charge in [0.15, 0.2) is 0 Å². The van der Waals surface area contributed by atoms with E-state index in [1.54, 1.807) is 0 Å². The van der Waals surface area contributed by atoms with Crippen LogP contribution in [0.2, 0.25) is 0 Å². The molecule has 38 heavy (non-hydrogen) atoms. The third-order valence-electron chi connectivity index (χ3n) is 6.26. The second-order valence-corrected chi connectivity index (χ2v) is 11.1. The van der Waals surface area contributed by atoms with E-state index >= 15 is 0 Å². The molecule has 2 aliphatic rings. The largest absolute Gasteiger partial charge is 0.481 e. The van der Waals surface area contributed by atoms with Gasteiger partial charge in [0.1, 0.15) is 0 Å². The van der Waals surface area contributed by atoms with Crippen molar-refractivity contribution in [1.82, 2.24) is 10.6 Å². The van der Waals surface area contributed by atoms with Crippen molar-refractivity contribution in [2.75, 3.05) is 5.75 Å². The summed E-state index contributed by atoms with van der Waals surface area (Å²) in [7, 11) is 0. The molecule has 0 unspecified atom stereocenters. The lowest BCUT2D eigenvalue weighted by atomic mass is 10.0. The Bertz CT molecular complexity index is 668. The molecule has 0 aromatic rings. The summed E-state index contributed by atoms with van der Waals surface area (Å²) < 4.78 is 0. The fourth-order valence-electron chi connectivity index (χ4n) is 4.17. The molecule has 0 saturated carbocycles. The minimum Gasteiger partial charge on any atom is -0.481 e. The normalized spacial score (nSPS) is 19.4. The summed E-state index contributed by atoms with van der Waals surface area (Å²) >= 11 is 1.87. The molecule has 2 rings (SSSR count). The van der Waals surface area contributed by atoms with Gasteiger partial charge < -0.3 is 37.4 Å². The predicted octanol–water partition coefficient (Wildman–Crippen LogP) is 3.88. The van der Waals surface area contributed by atoms with Crippen LogP contribution in [0, 0.1) is 0 Å². The molecule has 12 heteroatoms. The Kier molecular flexibility index (Phi) is 21.7. The standard InChI is InChI=1S/C12H28N2.C10H16N2O3S.C4H6O4/c1-2-3-4-5-6-7-8-9-10-11-12(13)14;13-8(14)4-2-1-3-7-9-6(5-16-7)11-10(15)12-9;5-3(6)1-2-4(7)8/h12H,2-11,13-14H2,1H3;6-7,9H,1-5H2,(H,13,14)(H2,11,12,15);1-2H2,(H,5,6)(H,7,8)/t;6-,7-,9-;/m.0./s1. The van der Waals surface area contributed by atoms with Gasteiger partial charge in [0.2, 0.25) is 0 Å². The number of urea groups is 1. The predicted molar refractivity (Wildman–Crippen MR) is 150 cm³/mol. The highest BCUT2D eigenvalue weighted by Crippen LogP contribution is 2.33. The molecular formula is C26H50N4O7S. The first kappa shape index (κ1) is 35.9. The van der Waals surface area contributed by atoms with Gasteiger partial charge in [-0.3, -0.25) is 14.4 Å². The summed E-state index contributed by atoms with van der Waals surface area (Å²) in [5.41, 5.74) is 10.9. The lowest BCUT2D eigenvalue weighted by molar-refractivity contribution is -0.143. The second-order valence-electron chi connectivity index (χ2n) is 9.83. The zero-order chi connectivity index (χ0) is 28.8. The van der Waals surface area contributed by atoms with Crippen molar-refractivity contribution in [3.05, 3.63) is 0 Å². The highest BCUT2D eigenvalue weighted by molar-refractivity contribution is 8.00. The second kappa shape index (κ2) is 22.9. The summed E-state index contributed by atoms with van der Waals surface area (Å²) in [6.07, 6.45) is 15.4. The van der Waals surface area contributed by atoms with Gasteiger partial charge in [-0.15, -0.1) is 0 Å². The average Bonchev–Trinajstić information content (AvgIpc) is 3.39. The topological polar surface area (TPSA) is 205 Å². The smallest absolute Gasteiger partial charge is 0.315 e. The summed E-state index contributed by atoms with van der Waals surface area (Å²) in [6, 6.07) is 0.440. The third kappa shape index (κ3) is 20.9. The van der Waals surface area contributed by atoms with Gasteiger partial charge in [-0.1, -0.05) is 71.1 Å². The number of hydrogen-bond acceptors (Lipinski definition) is 7. The zero-order valence-electron chi connectivity index (χ0n) is 22.9. The number of rotatable bonds is 18. The SMILES string of the molecule is CCCCCCCCCCCC(N)N.O=C(O)CCC(=O)O.O=C(O)CCCC[C@@H]1SC[C@@H]2NC(=O)N[C@@H]21. The van der Waals surface area contributed by atoms with Crippen molar-refractivity contribution in [3.63, 3.8) is 0 Å². The Hall–Kier alpha value is -2.05. The van der Waals surface area contributed by atoms with E-state index in [0.29, 0.717) is 5.25 Å². The van der Waals surface area contributed by atoms with Crippen LogP contribution in [0.1, 0.15) is 110 Å². The van der Waals surface area contributed by atoms with E-state index in [1.165, 1.54) is 57.8 Å². The number of nitrogens with two attached hydrogens (primary N) is 2. The van der Waals surface area contributed by atoms with Crippen LogP contribution in [-0.4, -0.2) is 68.5 Å². The zero-order valence-corrected chi connectivity index (χ0v) is 23.7. The minimum absolute atomic E-state index is 0.0640. The number of unbranched alkanes of at least 4 members (excludes halogenated alkanes) is 9. The first-order chi connectivity index (χ1) is 18.1. The number of amides is 2. The summed E-state index contributed by atoms with van der Waals surface area (Å²) in [4.78, 5) is 40.7. The number of aliphatic carboxylic acids is 3. The highest BCUT2D eigenvalue weighted by Gasteiger charge is 2.42. The van der Waals surface area contributed by atoms with Gasteiger partial charge in [-0.2, -0.15) is 11.8 Å². The molecule has 0 aromatic heterocycles. The van der Waals surface area contributed by atoms with Crippen LogP contribution in [0.3, 0.4) is 0 Å². The minimum atomic E-state index is -1.08. The fourth-order valence-corrected chi connectivity index (χ4v) is 5.71. The van der Waals surface area contributed by atoms with Crippen molar-refractivity contribution in [2.24, 2.45) is 11.5 Å². The van der Waals surface area contributed by atoms with E-state index in [4.69, 9.17) is 26.8 Å². The summed E-state index contributed by atoms with van der Waals surface area (Å²) in [5, 5.41) is 30.6. The Balaban J connectivity index is 0.000000573. The van der Waals surface area contributed by atoms with E-state index in [9.17, 15) is 19.2 Å². The average molecular weight is 563 g/mol. The van der Waals surface area contributed by atoms with Crippen LogP contribution in [0.4, 0.5) is 4.79 Å². The molecule has 3 atom stereocenters. The first-order valence-corrected chi connectivity index (χ1v) is 15.0. The van der Waals surface area contributed by atoms with E-state index < -0.39 is 17.9 Å². The van der Waals surface area contributed by atoms with Crippen LogP contribution in [0.25, 0.3) is 0 Å². The van der Waals surface area contributed by atoms with E-state index in [1.807, 2.05) is 11.8 Å². The van der Waals surface area contributed by atoms with Crippen molar-refractivity contribution < 1.29 is 34.5 Å². The molecule has 222 valence electrons. The van der Waals surface area contributed by atoms with Crippen LogP contribution in [-0.2, 0) is 14.4 Å². The summed E-state index contributed by atoms with van der Waals surface area (Å²) in [6.45, 7) is 2.26. The third-order valence-corrected chi connectivity index (χ3v) is 7.77. The number of nitrogens with one attached hydrogen (secondary N) is 2. The van der Waals surface area contributed by atoms with Crippen LogP contribution < -0.4 is 22.1 Å². The molecule has 0 aromatic carbocycles. The van der Waals surface area contributed by atoms with E-state index in [2.05, 4.69) is 17.6 Å². The summed E-state index contributed by atoms with van der Waals surface area (Å²) in [5.74, 6) is -1.92. The Morgan fingerprint density at radius 3 is 1.84 bits per heavy atom. The Labute approximate surface area is 231 Å². The van der Waals surface area contributed by atoms with Crippen LogP contribution in [0.15, 0.2) is 0 Å². The lowest BCUT2D eigenvalue weighted by Crippen LogP contribution is -2.36. The molecule has 0 aliphatic carbocycles. The van der Waals surface area contributed by atoms with E-state index in [-0.39, 0.29) is 43.5 Å². The monoisotopic (exact) mass is 562 g/mol. The molecule has 0 bridgehead atoms. The van der Waals surface area contributed by atoms with Gasteiger partial charge in [-0.25, -0.2) is 4.79 Å². The van der Waals surface area contributed by atoms with Crippen molar-refractivity contribution in [1.29, 1.82) is 0 Å². The van der Waals surface area contributed by atoms with Crippen molar-refractivity contribution in [2.45, 2.75) is 133 Å². The number of fused-ring (bicyclic) bond motifs is 1. The van der Waals surface area contributed by atoms with Crippen LogP contribution >= 0.6 is 11.8 Å². The quantitative estimate of drug-likeness (QED) is 0.0729. The Morgan fingerprint density at radius 1 is 0.816 bits per heavy atom. The van der Waals surface area contributed by atoms with Crippen molar-refractivity contribution >= 4 is 35.7 Å². The van der Waals surface area contributed by atoms with Crippen LogP contribution in [0.5, 0.6) is 0 Å². The maximum Gasteiger partial charge on any atom is 0.315 e. The number of carboxylic acid groups (broad SMARTS) is 3. The number of thioether (sulfide) groups is 1. The fraction of sp³-hybridized carbons (Fsp3) is 0.846. The maximum absolute atomic E-state index is 11.1. The maximum atomic E-state index is 11.1. The highest BCUT2D eigenvalue weighted by atomic mass is 32.2. The molecule has 0 radical (unpaired) electrons. The molecule has 0 spiro atoms. The molecular weight excluding hydrogens is 512 g/mol. The molecule has 2 saturated heterocycles. The van der Waals surface area contributed by atoms with Gasteiger partial charge >= 0.3 is 23.9 Å². The molecule has 2 fully saturated rings. The molecule has 2 heterocycles. The number of hydrogen-bond donors (Lipinski definition) is 7. The van der Waals surface area contributed by atoms with Gasteiger partial charge in [0, 0.05) is 17.4 Å². The van der Waals surface area contributed by atoms with E-state index in [0.717, 1.165) is 31.4 Å². The Morgan fingerprint density at radius 2 is 1.34 bits per heavy atom. The van der Waals surface area contributed by atoms with Gasteiger partial charge in [0.25, 0.3) is 0 Å². The number of carboxylic acids is 3. The first-order valence-electron chi connectivity index (χ1n) is 13.9. The number of carbonyl (C=O) groups is 4. The van der Waals surface area contributed by atoms with Crippen molar-refractivity contribution in [3.8, 4) is 0 Å². The molecule has 9 N–H and O–H groups in total. The van der Waals surface area contributed by atoms with Gasteiger partial charge in [-0.05, 0) is 19.3 Å².